The maximum Gasteiger partial charge on any atom is 0.0107 e. The molecule has 0 aromatic carbocycles. The summed E-state index contributed by atoms with van der Waals surface area (Å²) in [4.78, 5) is 2.58. The summed E-state index contributed by atoms with van der Waals surface area (Å²) in [7, 11) is 0. The maximum atomic E-state index is 3.38. The van der Waals surface area contributed by atoms with Gasteiger partial charge in [-0.15, -0.1) is 0 Å². The summed E-state index contributed by atoms with van der Waals surface area (Å²) in [6.45, 7) is 10.8. The Morgan fingerprint density at radius 2 is 2.00 bits per heavy atom. The van der Waals surface area contributed by atoms with Crippen LogP contribution >= 0.6 is 0 Å². The van der Waals surface area contributed by atoms with Crippen molar-refractivity contribution in [3.63, 3.8) is 0 Å². The molecule has 0 aromatic heterocycles. The van der Waals surface area contributed by atoms with E-state index in [1.807, 2.05) is 0 Å². The Labute approximate surface area is 82.7 Å². The fourth-order valence-electron chi connectivity index (χ4n) is 1.80. The number of rotatable bonds is 5. The molecule has 1 unspecified atom stereocenters. The van der Waals surface area contributed by atoms with Gasteiger partial charge in [0.15, 0.2) is 0 Å². The van der Waals surface area contributed by atoms with Crippen molar-refractivity contribution < 1.29 is 0 Å². The van der Waals surface area contributed by atoms with Gasteiger partial charge in [-0.25, -0.2) is 0 Å². The first-order valence-electron chi connectivity index (χ1n) is 5.76. The lowest BCUT2D eigenvalue weighted by Gasteiger charge is -2.27. The van der Waals surface area contributed by atoms with E-state index in [9.17, 15) is 0 Å². The van der Waals surface area contributed by atoms with Gasteiger partial charge in [-0.2, -0.15) is 0 Å². The molecule has 1 N–H and O–H groups in total. The monoisotopic (exact) mass is 184 g/mol. The zero-order valence-electron chi connectivity index (χ0n) is 9.18. The predicted octanol–water partition coefficient (Wildman–Crippen LogP) is 1.72. The molecule has 0 spiro atoms. The topological polar surface area (TPSA) is 15.3 Å². The van der Waals surface area contributed by atoms with Crippen molar-refractivity contribution >= 4 is 0 Å². The number of piperazine rings is 1. The minimum atomic E-state index is 0.919. The molecule has 0 radical (unpaired) electrons. The standard InChI is InChI=1S/C11H24N2/c1-3-11(2)5-4-8-13-9-6-12-7-10-13/h11-12H,3-10H2,1-2H3. The molecule has 13 heavy (non-hydrogen) atoms. The second-order valence-corrected chi connectivity index (χ2v) is 4.25. The third-order valence-corrected chi connectivity index (χ3v) is 3.08. The first-order chi connectivity index (χ1) is 6.33. The number of nitrogens with one attached hydrogen (secondary N) is 1. The van der Waals surface area contributed by atoms with Gasteiger partial charge < -0.3 is 10.2 Å². The van der Waals surface area contributed by atoms with Crippen LogP contribution in [0.15, 0.2) is 0 Å². The second kappa shape index (κ2) is 6.39. The molecule has 0 aromatic rings. The molecule has 0 amide bonds. The van der Waals surface area contributed by atoms with Gasteiger partial charge in [-0.1, -0.05) is 20.3 Å². The molecule has 2 nitrogen and oxygen atoms in total. The molecule has 0 saturated carbocycles. The predicted molar refractivity (Wildman–Crippen MR) is 58.0 cm³/mol. The first-order valence-corrected chi connectivity index (χ1v) is 5.76. The minimum absolute atomic E-state index is 0.919. The van der Waals surface area contributed by atoms with Gasteiger partial charge in [0.25, 0.3) is 0 Å². The largest absolute Gasteiger partial charge is 0.314 e. The molecule has 1 aliphatic rings. The molecule has 1 rings (SSSR count). The van der Waals surface area contributed by atoms with Crippen molar-refractivity contribution in [2.75, 3.05) is 32.7 Å². The average molecular weight is 184 g/mol. The molecular weight excluding hydrogens is 160 g/mol. The zero-order chi connectivity index (χ0) is 9.52. The second-order valence-electron chi connectivity index (χ2n) is 4.25. The Hall–Kier alpha value is -0.0800. The van der Waals surface area contributed by atoms with Gasteiger partial charge in [-0.3, -0.25) is 0 Å². The summed E-state index contributed by atoms with van der Waals surface area (Å²) in [5.74, 6) is 0.919. The lowest BCUT2D eigenvalue weighted by Crippen LogP contribution is -2.43. The molecular formula is C11H24N2. The molecule has 1 aliphatic heterocycles. The van der Waals surface area contributed by atoms with Crippen LogP contribution in [0.4, 0.5) is 0 Å². The lowest BCUT2D eigenvalue weighted by atomic mass is 10.0. The van der Waals surface area contributed by atoms with Gasteiger partial charge in [-0.05, 0) is 25.3 Å². The van der Waals surface area contributed by atoms with E-state index in [1.54, 1.807) is 0 Å². The van der Waals surface area contributed by atoms with Crippen LogP contribution in [-0.2, 0) is 0 Å². The minimum Gasteiger partial charge on any atom is -0.314 e. The van der Waals surface area contributed by atoms with E-state index in [1.165, 1.54) is 52.0 Å². The SMILES string of the molecule is CCC(C)CCCN1CCNCC1. The summed E-state index contributed by atoms with van der Waals surface area (Å²) in [5.41, 5.74) is 0. The van der Waals surface area contributed by atoms with Crippen molar-refractivity contribution in [2.24, 2.45) is 5.92 Å². The van der Waals surface area contributed by atoms with Crippen LogP contribution in [0, 0.1) is 5.92 Å². The van der Waals surface area contributed by atoms with E-state index in [-0.39, 0.29) is 0 Å². The van der Waals surface area contributed by atoms with Gasteiger partial charge in [0.2, 0.25) is 0 Å². The normalized spacial score (nSPS) is 21.7. The van der Waals surface area contributed by atoms with Crippen LogP contribution in [0.1, 0.15) is 33.1 Å². The van der Waals surface area contributed by atoms with Crippen molar-refractivity contribution in [2.45, 2.75) is 33.1 Å². The zero-order valence-corrected chi connectivity index (χ0v) is 9.18. The van der Waals surface area contributed by atoms with E-state index < -0.39 is 0 Å². The highest BCUT2D eigenvalue weighted by Crippen LogP contribution is 2.09. The van der Waals surface area contributed by atoms with E-state index in [0.717, 1.165) is 5.92 Å². The Balaban J connectivity index is 1.98. The van der Waals surface area contributed by atoms with E-state index in [0.29, 0.717) is 0 Å². The molecule has 2 heteroatoms. The number of hydrogen-bond acceptors (Lipinski definition) is 2. The summed E-state index contributed by atoms with van der Waals surface area (Å²) < 4.78 is 0. The fraction of sp³-hybridized carbons (Fsp3) is 1.00. The fourth-order valence-corrected chi connectivity index (χ4v) is 1.80. The van der Waals surface area contributed by atoms with Crippen molar-refractivity contribution in [3.05, 3.63) is 0 Å². The van der Waals surface area contributed by atoms with Crippen LogP contribution in [0.5, 0.6) is 0 Å². The highest BCUT2D eigenvalue weighted by molar-refractivity contribution is 4.67. The third-order valence-electron chi connectivity index (χ3n) is 3.08. The summed E-state index contributed by atoms with van der Waals surface area (Å²) in [5, 5.41) is 3.38. The Kier molecular flexibility index (Phi) is 5.40. The van der Waals surface area contributed by atoms with Crippen LogP contribution < -0.4 is 5.32 Å². The van der Waals surface area contributed by atoms with Gasteiger partial charge in [0, 0.05) is 26.2 Å². The quantitative estimate of drug-likeness (QED) is 0.700. The number of nitrogens with zero attached hydrogens (tertiary/aromatic N) is 1. The molecule has 1 saturated heterocycles. The summed E-state index contributed by atoms with van der Waals surface area (Å²) in [6, 6.07) is 0. The Bertz CT molecular complexity index is 119. The average Bonchev–Trinajstić information content (AvgIpc) is 2.19. The van der Waals surface area contributed by atoms with Gasteiger partial charge in [0.1, 0.15) is 0 Å². The van der Waals surface area contributed by atoms with Gasteiger partial charge in [0.05, 0.1) is 0 Å². The van der Waals surface area contributed by atoms with Crippen molar-refractivity contribution in [3.8, 4) is 0 Å². The van der Waals surface area contributed by atoms with Crippen LogP contribution in [0.25, 0.3) is 0 Å². The Morgan fingerprint density at radius 3 is 2.62 bits per heavy atom. The highest BCUT2D eigenvalue weighted by atomic mass is 15.2. The molecule has 1 heterocycles. The van der Waals surface area contributed by atoms with Gasteiger partial charge >= 0.3 is 0 Å². The van der Waals surface area contributed by atoms with Crippen LogP contribution in [0.3, 0.4) is 0 Å². The van der Waals surface area contributed by atoms with Crippen molar-refractivity contribution in [1.82, 2.24) is 10.2 Å². The van der Waals surface area contributed by atoms with E-state index in [2.05, 4.69) is 24.1 Å². The third kappa shape index (κ3) is 4.63. The smallest absolute Gasteiger partial charge is 0.0107 e. The maximum absolute atomic E-state index is 3.38. The Morgan fingerprint density at radius 1 is 1.31 bits per heavy atom. The number of hydrogen-bond donors (Lipinski definition) is 1. The molecule has 0 aliphatic carbocycles. The van der Waals surface area contributed by atoms with E-state index >= 15 is 0 Å². The highest BCUT2D eigenvalue weighted by Gasteiger charge is 2.08. The van der Waals surface area contributed by atoms with E-state index in [4.69, 9.17) is 0 Å². The molecule has 0 bridgehead atoms. The molecule has 78 valence electrons. The molecule has 1 fully saturated rings. The summed E-state index contributed by atoms with van der Waals surface area (Å²) >= 11 is 0. The molecule has 1 atom stereocenters. The summed E-state index contributed by atoms with van der Waals surface area (Å²) in [6.07, 6.45) is 4.12. The first kappa shape index (κ1) is 11.0. The lowest BCUT2D eigenvalue weighted by molar-refractivity contribution is 0.232. The van der Waals surface area contributed by atoms with Crippen molar-refractivity contribution in [1.29, 1.82) is 0 Å². The van der Waals surface area contributed by atoms with Crippen LogP contribution in [0.2, 0.25) is 0 Å². The van der Waals surface area contributed by atoms with Crippen LogP contribution in [-0.4, -0.2) is 37.6 Å².